The Hall–Kier alpha value is -3.00. The predicted molar refractivity (Wildman–Crippen MR) is 92.0 cm³/mol. The van der Waals surface area contributed by atoms with Gasteiger partial charge in [-0.3, -0.25) is 14.9 Å². The molecule has 0 fully saturated rings. The van der Waals surface area contributed by atoms with Gasteiger partial charge in [-0.15, -0.1) is 0 Å². The highest BCUT2D eigenvalue weighted by atomic mass is 32.1. The third kappa shape index (κ3) is 3.04. The number of benzene rings is 1. The summed E-state index contributed by atoms with van der Waals surface area (Å²) in [6.45, 7) is 3.83. The van der Waals surface area contributed by atoms with Crippen LogP contribution in [-0.4, -0.2) is 20.6 Å². The highest BCUT2D eigenvalue weighted by Gasteiger charge is 2.17. The normalized spacial score (nSPS) is 10.6. The lowest BCUT2D eigenvalue weighted by Gasteiger charge is -2.12. The fourth-order valence-corrected chi connectivity index (χ4v) is 3.07. The lowest BCUT2D eigenvalue weighted by atomic mass is 10.2. The topological polar surface area (TPSA) is 90.1 Å². The summed E-state index contributed by atoms with van der Waals surface area (Å²) in [5.41, 5.74) is 3.40. The molecule has 0 saturated carbocycles. The van der Waals surface area contributed by atoms with Gasteiger partial charge in [0.05, 0.1) is 27.6 Å². The van der Waals surface area contributed by atoms with Crippen LogP contribution < -0.4 is 5.32 Å². The number of amides is 1. The van der Waals surface area contributed by atoms with Gasteiger partial charge in [0.1, 0.15) is 0 Å². The summed E-state index contributed by atoms with van der Waals surface area (Å²) in [6.07, 6.45) is 0. The SMILES string of the molecule is Cc1cc(C)n(-c2ccccc2NC(=O)c2csc([N+](=O)[O-])c2)n1. The van der Waals surface area contributed by atoms with Gasteiger partial charge in [-0.1, -0.05) is 23.5 Å². The number of rotatable bonds is 4. The summed E-state index contributed by atoms with van der Waals surface area (Å²) >= 11 is 0.925. The van der Waals surface area contributed by atoms with Crippen LogP contribution in [0, 0.1) is 24.0 Å². The maximum atomic E-state index is 12.4. The van der Waals surface area contributed by atoms with Crippen LogP contribution >= 0.6 is 11.3 Å². The monoisotopic (exact) mass is 342 g/mol. The largest absolute Gasteiger partial charge is 0.324 e. The zero-order valence-corrected chi connectivity index (χ0v) is 13.8. The van der Waals surface area contributed by atoms with E-state index in [2.05, 4.69) is 10.4 Å². The van der Waals surface area contributed by atoms with E-state index in [1.54, 1.807) is 16.8 Å². The number of thiophene rings is 1. The van der Waals surface area contributed by atoms with Crippen molar-refractivity contribution in [3.63, 3.8) is 0 Å². The molecule has 2 aromatic heterocycles. The van der Waals surface area contributed by atoms with Gasteiger partial charge in [-0.25, -0.2) is 4.68 Å². The average molecular weight is 342 g/mol. The van der Waals surface area contributed by atoms with Crippen molar-refractivity contribution in [2.75, 3.05) is 5.32 Å². The van der Waals surface area contributed by atoms with E-state index in [4.69, 9.17) is 0 Å². The Bertz CT molecular complexity index is 929. The number of hydrogen-bond donors (Lipinski definition) is 1. The first kappa shape index (κ1) is 15.9. The molecule has 7 nitrogen and oxygen atoms in total. The standard InChI is InChI=1S/C16H14N4O3S/c1-10-7-11(2)19(18-10)14-6-4-3-5-13(14)17-16(21)12-8-15(20(22)23)24-9-12/h3-9H,1-2H3,(H,17,21). The molecule has 1 amide bonds. The number of carbonyl (C=O) groups excluding carboxylic acids is 1. The fraction of sp³-hybridized carbons (Fsp3) is 0.125. The Morgan fingerprint density at radius 1 is 1.29 bits per heavy atom. The molecule has 1 aromatic carbocycles. The molecule has 0 saturated heterocycles. The number of hydrogen-bond acceptors (Lipinski definition) is 5. The van der Waals surface area contributed by atoms with Gasteiger partial charge in [0.2, 0.25) is 0 Å². The van der Waals surface area contributed by atoms with Gasteiger partial charge in [0.25, 0.3) is 5.91 Å². The summed E-state index contributed by atoms with van der Waals surface area (Å²) in [5, 5.41) is 19.4. The van der Waals surface area contributed by atoms with Crippen molar-refractivity contribution in [1.82, 2.24) is 9.78 Å². The summed E-state index contributed by atoms with van der Waals surface area (Å²) in [4.78, 5) is 22.6. The third-order valence-corrected chi connectivity index (χ3v) is 4.30. The number of nitrogens with zero attached hydrogens (tertiary/aromatic N) is 3. The maximum Gasteiger partial charge on any atom is 0.324 e. The van der Waals surface area contributed by atoms with E-state index >= 15 is 0 Å². The molecule has 8 heteroatoms. The zero-order chi connectivity index (χ0) is 17.3. The van der Waals surface area contributed by atoms with Crippen LogP contribution in [-0.2, 0) is 0 Å². The molecule has 2 heterocycles. The van der Waals surface area contributed by atoms with Crippen molar-refractivity contribution < 1.29 is 9.72 Å². The second-order valence-corrected chi connectivity index (χ2v) is 6.13. The van der Waals surface area contributed by atoms with Gasteiger partial charge in [-0.2, -0.15) is 5.10 Å². The molecule has 0 unspecified atom stereocenters. The highest BCUT2D eigenvalue weighted by Crippen LogP contribution is 2.25. The van der Waals surface area contributed by atoms with Crippen LogP contribution in [0.4, 0.5) is 10.7 Å². The van der Waals surface area contributed by atoms with Crippen LogP contribution in [0.5, 0.6) is 0 Å². The molecule has 3 rings (SSSR count). The van der Waals surface area contributed by atoms with Gasteiger partial charge in [0, 0.05) is 17.1 Å². The summed E-state index contributed by atoms with van der Waals surface area (Å²) in [5.74, 6) is -0.395. The lowest BCUT2D eigenvalue weighted by Crippen LogP contribution is -2.13. The molecule has 0 bridgehead atoms. The molecular formula is C16H14N4O3S. The van der Waals surface area contributed by atoms with Crippen molar-refractivity contribution in [2.45, 2.75) is 13.8 Å². The van der Waals surface area contributed by atoms with Crippen LogP contribution in [0.2, 0.25) is 0 Å². The minimum absolute atomic E-state index is 0.0630. The molecule has 3 aromatic rings. The minimum atomic E-state index is -0.509. The molecule has 24 heavy (non-hydrogen) atoms. The van der Waals surface area contributed by atoms with E-state index < -0.39 is 10.8 Å². The number of para-hydroxylation sites is 2. The van der Waals surface area contributed by atoms with E-state index in [1.807, 2.05) is 32.0 Å². The van der Waals surface area contributed by atoms with Crippen molar-refractivity contribution in [1.29, 1.82) is 0 Å². The average Bonchev–Trinajstić information content (AvgIpc) is 3.15. The molecule has 0 aliphatic rings. The Kier molecular flexibility index (Phi) is 4.13. The molecule has 122 valence electrons. The van der Waals surface area contributed by atoms with Crippen LogP contribution in [0.3, 0.4) is 0 Å². The second kappa shape index (κ2) is 6.25. The van der Waals surface area contributed by atoms with E-state index in [0.717, 1.165) is 28.4 Å². The highest BCUT2D eigenvalue weighted by molar-refractivity contribution is 7.13. The molecule has 0 atom stereocenters. The number of nitrogens with one attached hydrogen (secondary N) is 1. The second-order valence-electron chi connectivity index (χ2n) is 5.24. The first-order valence-corrected chi connectivity index (χ1v) is 8.00. The predicted octanol–water partition coefficient (Wildman–Crippen LogP) is 3.71. The van der Waals surface area contributed by atoms with E-state index in [-0.39, 0.29) is 10.6 Å². The third-order valence-electron chi connectivity index (χ3n) is 3.42. The summed E-state index contributed by atoms with van der Waals surface area (Å²) in [6, 6.07) is 10.5. The van der Waals surface area contributed by atoms with Crippen molar-refractivity contribution >= 4 is 27.9 Å². The summed E-state index contributed by atoms with van der Waals surface area (Å²) < 4.78 is 1.75. The fourth-order valence-electron chi connectivity index (χ4n) is 2.37. The Morgan fingerprint density at radius 2 is 2.04 bits per heavy atom. The van der Waals surface area contributed by atoms with Gasteiger partial charge >= 0.3 is 5.00 Å². The molecule has 0 radical (unpaired) electrons. The Morgan fingerprint density at radius 3 is 2.67 bits per heavy atom. The van der Waals surface area contributed by atoms with Crippen molar-refractivity contribution in [3.05, 3.63) is 68.8 Å². The number of anilines is 1. The quantitative estimate of drug-likeness (QED) is 0.578. The maximum absolute atomic E-state index is 12.4. The van der Waals surface area contributed by atoms with Crippen LogP contribution in [0.25, 0.3) is 5.69 Å². The zero-order valence-electron chi connectivity index (χ0n) is 13.0. The van der Waals surface area contributed by atoms with Crippen LogP contribution in [0.15, 0.2) is 41.8 Å². The Balaban J connectivity index is 1.91. The molecular weight excluding hydrogens is 328 g/mol. The number of carbonyl (C=O) groups is 1. The molecule has 0 aliphatic carbocycles. The molecule has 1 N–H and O–H groups in total. The van der Waals surface area contributed by atoms with E-state index in [9.17, 15) is 14.9 Å². The Labute approximate surface area is 141 Å². The lowest BCUT2D eigenvalue weighted by molar-refractivity contribution is -0.380. The van der Waals surface area contributed by atoms with Crippen LogP contribution in [0.1, 0.15) is 21.7 Å². The molecule has 0 spiro atoms. The summed E-state index contributed by atoms with van der Waals surface area (Å²) in [7, 11) is 0. The number of aromatic nitrogens is 2. The van der Waals surface area contributed by atoms with Crippen molar-refractivity contribution in [3.8, 4) is 5.69 Å². The van der Waals surface area contributed by atoms with Gasteiger partial charge in [0.15, 0.2) is 0 Å². The number of aryl methyl sites for hydroxylation is 2. The van der Waals surface area contributed by atoms with Crippen molar-refractivity contribution in [2.24, 2.45) is 0 Å². The first-order valence-electron chi connectivity index (χ1n) is 7.12. The van der Waals surface area contributed by atoms with E-state index in [1.165, 1.54) is 11.4 Å². The minimum Gasteiger partial charge on any atom is -0.320 e. The smallest absolute Gasteiger partial charge is 0.320 e. The first-order chi connectivity index (χ1) is 11.5. The van der Waals surface area contributed by atoms with Gasteiger partial charge < -0.3 is 5.32 Å². The van der Waals surface area contributed by atoms with E-state index in [0.29, 0.717) is 5.69 Å². The molecule has 0 aliphatic heterocycles. The number of nitro groups is 1. The van der Waals surface area contributed by atoms with Gasteiger partial charge in [-0.05, 0) is 32.0 Å².